The third kappa shape index (κ3) is 2.88. The number of thiazole rings is 1. The molecule has 7 heteroatoms. The molecular weight excluding hydrogens is 426 g/mol. The van der Waals surface area contributed by atoms with Crippen LogP contribution in [0.25, 0.3) is 20.8 Å². The van der Waals surface area contributed by atoms with Crippen molar-refractivity contribution in [2.24, 2.45) is 0 Å². The van der Waals surface area contributed by atoms with E-state index in [0.29, 0.717) is 18.5 Å². The minimum Gasteiger partial charge on any atom is -0.323 e. The van der Waals surface area contributed by atoms with E-state index in [9.17, 15) is 9.59 Å². The fourth-order valence-corrected chi connectivity index (χ4v) is 6.60. The number of anilines is 2. The first-order valence-electron chi connectivity index (χ1n) is 10.0. The zero-order valence-electron chi connectivity index (χ0n) is 16.4. The molecule has 1 unspecified atom stereocenters. The summed E-state index contributed by atoms with van der Waals surface area (Å²) in [5.74, 6) is -0.161. The highest BCUT2D eigenvalue weighted by Gasteiger charge is 2.57. The first kappa shape index (κ1) is 18.6. The Hall–Kier alpha value is -3.16. The number of amides is 2. The van der Waals surface area contributed by atoms with Crippen LogP contribution in [0.2, 0.25) is 0 Å². The van der Waals surface area contributed by atoms with Crippen molar-refractivity contribution in [3.05, 3.63) is 72.8 Å². The first-order chi connectivity index (χ1) is 15.1. The number of hydrogen-bond acceptors (Lipinski definition) is 5. The molecule has 0 aliphatic carbocycles. The van der Waals surface area contributed by atoms with E-state index in [2.05, 4.69) is 11.4 Å². The Morgan fingerprint density at radius 2 is 1.77 bits per heavy atom. The van der Waals surface area contributed by atoms with Crippen LogP contribution in [-0.4, -0.2) is 21.7 Å². The second kappa shape index (κ2) is 6.93. The number of rotatable bonds is 3. The molecule has 152 valence electrons. The summed E-state index contributed by atoms with van der Waals surface area (Å²) in [6.45, 7) is 0. The average molecular weight is 444 g/mol. The quantitative estimate of drug-likeness (QED) is 0.452. The average Bonchev–Trinajstić information content (AvgIpc) is 3.46. The van der Waals surface area contributed by atoms with E-state index in [4.69, 9.17) is 4.98 Å². The van der Waals surface area contributed by atoms with Gasteiger partial charge >= 0.3 is 0 Å². The number of thioether (sulfide) groups is 1. The van der Waals surface area contributed by atoms with E-state index in [1.165, 1.54) is 11.8 Å². The Labute approximate surface area is 187 Å². The SMILES string of the molecule is O=C1CCC2(C(=O)Nc3ccc(-c4nc5ccccc5s4)cc3)Sc3ccccc3N12. The molecule has 2 amide bonds. The van der Waals surface area contributed by atoms with Crippen LogP contribution in [0.15, 0.2) is 77.7 Å². The summed E-state index contributed by atoms with van der Waals surface area (Å²) in [7, 11) is 0. The standard InChI is InChI=1S/C24H17N3O2S2/c28-21-13-14-24(27(21)18-6-2-4-8-20(18)31-24)23(29)25-16-11-9-15(10-12-16)22-26-17-5-1-3-7-19(17)30-22/h1-12H,13-14H2,(H,25,29). The van der Waals surface area contributed by atoms with Gasteiger partial charge in [0.1, 0.15) is 5.01 Å². The summed E-state index contributed by atoms with van der Waals surface area (Å²) in [5, 5.41) is 3.99. The molecule has 3 aromatic carbocycles. The number of carbonyl (C=O) groups is 2. The van der Waals surface area contributed by atoms with Gasteiger partial charge in [0, 0.05) is 22.6 Å². The van der Waals surface area contributed by atoms with Gasteiger partial charge in [-0.2, -0.15) is 0 Å². The van der Waals surface area contributed by atoms with Gasteiger partial charge in [0.05, 0.1) is 15.9 Å². The van der Waals surface area contributed by atoms with E-state index in [0.717, 1.165) is 31.4 Å². The van der Waals surface area contributed by atoms with Gasteiger partial charge < -0.3 is 5.32 Å². The zero-order valence-corrected chi connectivity index (χ0v) is 18.0. The van der Waals surface area contributed by atoms with Crippen molar-refractivity contribution in [2.75, 3.05) is 10.2 Å². The molecule has 4 aromatic rings. The molecular formula is C24H17N3O2S2. The topological polar surface area (TPSA) is 62.3 Å². The lowest BCUT2D eigenvalue weighted by Crippen LogP contribution is -2.49. The van der Waals surface area contributed by atoms with E-state index in [-0.39, 0.29) is 11.8 Å². The number of nitrogens with one attached hydrogen (secondary N) is 1. The smallest absolute Gasteiger partial charge is 0.261 e. The van der Waals surface area contributed by atoms with E-state index < -0.39 is 4.87 Å². The predicted molar refractivity (Wildman–Crippen MR) is 125 cm³/mol. The first-order valence-corrected chi connectivity index (χ1v) is 11.7. The Balaban J connectivity index is 1.26. The van der Waals surface area contributed by atoms with Gasteiger partial charge in [0.25, 0.3) is 5.91 Å². The number of hydrogen-bond donors (Lipinski definition) is 1. The minimum atomic E-state index is -0.910. The van der Waals surface area contributed by atoms with Gasteiger partial charge in [-0.15, -0.1) is 11.3 Å². The Kier molecular flexibility index (Phi) is 4.16. The summed E-state index contributed by atoms with van der Waals surface area (Å²) < 4.78 is 1.15. The molecule has 5 nitrogen and oxygen atoms in total. The monoisotopic (exact) mass is 443 g/mol. The van der Waals surface area contributed by atoms with Gasteiger partial charge in [-0.3, -0.25) is 14.5 Å². The number of fused-ring (bicyclic) bond motifs is 4. The third-order valence-electron chi connectivity index (χ3n) is 5.71. The maximum absolute atomic E-state index is 13.4. The normalized spacial score (nSPS) is 19.5. The van der Waals surface area contributed by atoms with E-state index in [1.807, 2.05) is 66.7 Å². The fraction of sp³-hybridized carbons (Fsp3) is 0.125. The van der Waals surface area contributed by atoms with Crippen molar-refractivity contribution >= 4 is 56.5 Å². The molecule has 1 atom stereocenters. The van der Waals surface area contributed by atoms with Crippen LogP contribution >= 0.6 is 23.1 Å². The number of para-hydroxylation sites is 2. The molecule has 0 radical (unpaired) electrons. The lowest BCUT2D eigenvalue weighted by atomic mass is 10.1. The molecule has 2 aliphatic rings. The van der Waals surface area contributed by atoms with Gasteiger partial charge in [0.15, 0.2) is 4.87 Å². The summed E-state index contributed by atoms with van der Waals surface area (Å²) in [6.07, 6.45) is 0.881. The lowest BCUT2D eigenvalue weighted by Gasteiger charge is -2.29. The van der Waals surface area contributed by atoms with Crippen LogP contribution < -0.4 is 10.2 Å². The van der Waals surface area contributed by atoms with Crippen molar-refractivity contribution < 1.29 is 9.59 Å². The Morgan fingerprint density at radius 1 is 1.00 bits per heavy atom. The maximum Gasteiger partial charge on any atom is 0.261 e. The van der Waals surface area contributed by atoms with Crippen LogP contribution in [0, 0.1) is 0 Å². The lowest BCUT2D eigenvalue weighted by molar-refractivity contribution is -0.121. The molecule has 0 saturated carbocycles. The van der Waals surface area contributed by atoms with Crippen LogP contribution in [0.5, 0.6) is 0 Å². The second-order valence-corrected chi connectivity index (χ2v) is 9.95. The molecule has 6 rings (SSSR count). The largest absolute Gasteiger partial charge is 0.323 e. The van der Waals surface area contributed by atoms with Gasteiger partial charge in [-0.25, -0.2) is 4.98 Å². The number of aromatic nitrogens is 1. The highest BCUT2D eigenvalue weighted by molar-refractivity contribution is 8.02. The van der Waals surface area contributed by atoms with Crippen LogP contribution in [0.1, 0.15) is 12.8 Å². The highest BCUT2D eigenvalue weighted by atomic mass is 32.2. The van der Waals surface area contributed by atoms with E-state index >= 15 is 0 Å². The van der Waals surface area contributed by atoms with Crippen LogP contribution in [-0.2, 0) is 9.59 Å². The minimum absolute atomic E-state index is 0.00113. The van der Waals surface area contributed by atoms with Crippen molar-refractivity contribution in [1.82, 2.24) is 4.98 Å². The number of nitrogens with zero attached hydrogens (tertiary/aromatic N) is 2. The fourth-order valence-electron chi connectivity index (χ4n) is 4.22. The molecule has 1 saturated heterocycles. The van der Waals surface area contributed by atoms with Gasteiger partial charge in [-0.05, 0) is 55.0 Å². The molecule has 1 fully saturated rings. The van der Waals surface area contributed by atoms with Crippen molar-refractivity contribution in [2.45, 2.75) is 22.6 Å². The van der Waals surface area contributed by atoms with Gasteiger partial charge in [-0.1, -0.05) is 36.0 Å². The zero-order chi connectivity index (χ0) is 21.0. The van der Waals surface area contributed by atoms with Crippen LogP contribution in [0.4, 0.5) is 11.4 Å². The molecule has 2 aliphatic heterocycles. The maximum atomic E-state index is 13.4. The Bertz CT molecular complexity index is 1320. The molecule has 3 heterocycles. The van der Waals surface area contributed by atoms with E-state index in [1.54, 1.807) is 16.2 Å². The number of carbonyl (C=O) groups excluding carboxylic acids is 2. The molecule has 1 N–H and O–H groups in total. The van der Waals surface area contributed by atoms with Crippen molar-refractivity contribution in [1.29, 1.82) is 0 Å². The molecule has 0 spiro atoms. The molecule has 31 heavy (non-hydrogen) atoms. The Morgan fingerprint density at radius 3 is 2.61 bits per heavy atom. The summed E-state index contributed by atoms with van der Waals surface area (Å²) in [6, 6.07) is 23.5. The second-order valence-electron chi connectivity index (χ2n) is 7.60. The van der Waals surface area contributed by atoms with Crippen LogP contribution in [0.3, 0.4) is 0 Å². The number of benzene rings is 3. The summed E-state index contributed by atoms with van der Waals surface area (Å²) in [4.78, 5) is 32.4. The summed E-state index contributed by atoms with van der Waals surface area (Å²) >= 11 is 3.12. The highest BCUT2D eigenvalue weighted by Crippen LogP contribution is 2.56. The van der Waals surface area contributed by atoms with Crippen molar-refractivity contribution in [3.8, 4) is 10.6 Å². The molecule has 1 aromatic heterocycles. The third-order valence-corrected chi connectivity index (χ3v) is 8.27. The summed E-state index contributed by atoms with van der Waals surface area (Å²) in [5.41, 5.74) is 3.54. The molecule has 0 bridgehead atoms. The van der Waals surface area contributed by atoms with Gasteiger partial charge in [0.2, 0.25) is 5.91 Å². The van der Waals surface area contributed by atoms with Crippen molar-refractivity contribution in [3.63, 3.8) is 0 Å². The predicted octanol–water partition coefficient (Wildman–Crippen LogP) is 5.53.